The Labute approximate surface area is 89.9 Å². The molecule has 0 aliphatic carbocycles. The third-order valence-corrected chi connectivity index (χ3v) is 2.43. The molecule has 14 heavy (non-hydrogen) atoms. The van der Waals surface area contributed by atoms with Crippen LogP contribution >= 0.6 is 15.9 Å². The van der Waals surface area contributed by atoms with Crippen LogP contribution in [-0.4, -0.2) is 16.6 Å². The number of carboxylic acids is 1. The van der Waals surface area contributed by atoms with Crippen LogP contribution in [0.25, 0.3) is 0 Å². The average molecular weight is 256 g/mol. The molecule has 0 saturated carbocycles. The topological polar surface area (TPSA) is 57.2 Å². The van der Waals surface area contributed by atoms with Crippen molar-refractivity contribution in [1.82, 2.24) is 0 Å². The molecule has 0 amide bonds. The molecular formula is C10H8BrO3-. The van der Waals surface area contributed by atoms with E-state index in [1.165, 1.54) is 0 Å². The van der Waals surface area contributed by atoms with Gasteiger partial charge in [-0.25, -0.2) is 0 Å². The van der Waals surface area contributed by atoms with Crippen LogP contribution in [0.5, 0.6) is 0 Å². The molecule has 4 heteroatoms. The smallest absolute Gasteiger partial charge is 0.176 e. The summed E-state index contributed by atoms with van der Waals surface area (Å²) in [6.07, 6.45) is -0.312. The lowest BCUT2D eigenvalue weighted by Gasteiger charge is -2.08. The Hall–Kier alpha value is -1.16. The lowest BCUT2D eigenvalue weighted by atomic mass is 10.1. The minimum absolute atomic E-state index is 0.241. The van der Waals surface area contributed by atoms with Crippen molar-refractivity contribution >= 4 is 27.7 Å². The van der Waals surface area contributed by atoms with Crippen molar-refractivity contribution in [3.05, 3.63) is 35.9 Å². The summed E-state index contributed by atoms with van der Waals surface area (Å²) in [7, 11) is 0. The SMILES string of the molecule is O=C([O-])C[C@@H](Br)C(=O)c1ccccc1. The molecule has 74 valence electrons. The molecule has 0 fully saturated rings. The second kappa shape index (κ2) is 4.91. The highest BCUT2D eigenvalue weighted by molar-refractivity contribution is 9.10. The largest absolute Gasteiger partial charge is 0.550 e. The molecule has 0 aromatic heterocycles. The zero-order valence-electron chi connectivity index (χ0n) is 7.27. The number of Topliss-reactive ketones (excluding diaryl/α,β-unsaturated/α-hetero) is 1. The van der Waals surface area contributed by atoms with E-state index in [4.69, 9.17) is 0 Å². The maximum absolute atomic E-state index is 11.5. The molecule has 0 bridgehead atoms. The van der Waals surface area contributed by atoms with Crippen LogP contribution in [0, 0.1) is 0 Å². The van der Waals surface area contributed by atoms with Gasteiger partial charge >= 0.3 is 0 Å². The van der Waals surface area contributed by atoms with Gasteiger partial charge in [-0.1, -0.05) is 46.3 Å². The predicted molar refractivity (Wildman–Crippen MR) is 53.1 cm³/mol. The molecule has 0 spiro atoms. The second-order valence-corrected chi connectivity index (χ2v) is 3.88. The molecule has 0 N–H and O–H groups in total. The Kier molecular flexibility index (Phi) is 3.83. The number of carboxylic acid groups (broad SMARTS) is 1. The number of carbonyl (C=O) groups excluding carboxylic acids is 2. The quantitative estimate of drug-likeness (QED) is 0.590. The zero-order chi connectivity index (χ0) is 10.6. The average Bonchev–Trinajstić information content (AvgIpc) is 2.17. The van der Waals surface area contributed by atoms with Crippen molar-refractivity contribution < 1.29 is 14.7 Å². The number of hydrogen-bond acceptors (Lipinski definition) is 3. The van der Waals surface area contributed by atoms with Crippen LogP contribution in [0.1, 0.15) is 16.8 Å². The maximum atomic E-state index is 11.5. The number of alkyl halides is 1. The van der Waals surface area contributed by atoms with E-state index in [-0.39, 0.29) is 12.2 Å². The van der Waals surface area contributed by atoms with Gasteiger partial charge in [0.25, 0.3) is 0 Å². The standard InChI is InChI=1S/C10H9BrO3/c11-8(6-9(12)13)10(14)7-4-2-1-3-5-7/h1-5,8H,6H2,(H,12,13)/p-1/t8-/m1/s1. The molecular weight excluding hydrogens is 248 g/mol. The van der Waals surface area contributed by atoms with E-state index in [9.17, 15) is 14.7 Å². The van der Waals surface area contributed by atoms with Crippen LogP contribution in [0.15, 0.2) is 30.3 Å². The third-order valence-electron chi connectivity index (χ3n) is 1.69. The molecule has 1 aromatic rings. The summed E-state index contributed by atoms with van der Waals surface area (Å²) < 4.78 is 0. The number of carbonyl (C=O) groups is 2. The van der Waals surface area contributed by atoms with Crippen molar-refractivity contribution in [2.24, 2.45) is 0 Å². The Morgan fingerprint density at radius 2 is 1.86 bits per heavy atom. The summed E-state index contributed by atoms with van der Waals surface area (Å²) >= 11 is 3.01. The number of ketones is 1. The summed E-state index contributed by atoms with van der Waals surface area (Å²) in [5.74, 6) is -1.48. The Morgan fingerprint density at radius 3 is 2.36 bits per heavy atom. The molecule has 3 nitrogen and oxygen atoms in total. The Morgan fingerprint density at radius 1 is 1.29 bits per heavy atom. The van der Waals surface area contributed by atoms with Gasteiger partial charge in [-0.15, -0.1) is 0 Å². The molecule has 0 unspecified atom stereocenters. The lowest BCUT2D eigenvalue weighted by molar-refractivity contribution is -0.305. The first-order valence-corrected chi connectivity index (χ1v) is 4.96. The number of aliphatic carboxylic acids is 1. The lowest BCUT2D eigenvalue weighted by Crippen LogP contribution is -2.28. The molecule has 0 heterocycles. The predicted octanol–water partition coefficient (Wildman–Crippen LogP) is 0.773. The number of hydrogen-bond donors (Lipinski definition) is 0. The second-order valence-electron chi connectivity index (χ2n) is 2.77. The van der Waals surface area contributed by atoms with Crippen LogP contribution < -0.4 is 5.11 Å². The van der Waals surface area contributed by atoms with E-state index in [2.05, 4.69) is 15.9 Å². The van der Waals surface area contributed by atoms with E-state index in [1.54, 1.807) is 30.3 Å². The molecule has 0 aliphatic rings. The van der Waals surface area contributed by atoms with Crippen molar-refractivity contribution in [1.29, 1.82) is 0 Å². The molecule has 1 atom stereocenters. The van der Waals surface area contributed by atoms with Gasteiger partial charge < -0.3 is 9.90 Å². The fourth-order valence-electron chi connectivity index (χ4n) is 1.02. The first-order chi connectivity index (χ1) is 6.61. The Balaban J connectivity index is 2.71. The zero-order valence-corrected chi connectivity index (χ0v) is 8.86. The maximum Gasteiger partial charge on any atom is 0.176 e. The van der Waals surface area contributed by atoms with Gasteiger partial charge in [0.2, 0.25) is 0 Å². The van der Waals surface area contributed by atoms with Gasteiger partial charge in [0.15, 0.2) is 5.78 Å². The fraction of sp³-hybridized carbons (Fsp3) is 0.200. The van der Waals surface area contributed by atoms with Gasteiger partial charge in [-0.3, -0.25) is 4.79 Å². The highest BCUT2D eigenvalue weighted by Crippen LogP contribution is 2.12. The third kappa shape index (κ3) is 2.96. The van der Waals surface area contributed by atoms with Crippen molar-refractivity contribution in [3.63, 3.8) is 0 Å². The van der Waals surface area contributed by atoms with Crippen LogP contribution in [-0.2, 0) is 4.79 Å². The van der Waals surface area contributed by atoms with E-state index < -0.39 is 10.8 Å². The van der Waals surface area contributed by atoms with E-state index >= 15 is 0 Å². The van der Waals surface area contributed by atoms with Crippen LogP contribution in [0.2, 0.25) is 0 Å². The van der Waals surface area contributed by atoms with E-state index in [1.807, 2.05) is 0 Å². The number of halogens is 1. The first-order valence-electron chi connectivity index (χ1n) is 4.04. The summed E-state index contributed by atoms with van der Waals surface area (Å²) in [5.41, 5.74) is 0.496. The molecule has 0 saturated heterocycles. The molecule has 1 rings (SSSR count). The van der Waals surface area contributed by atoms with Crippen LogP contribution in [0.3, 0.4) is 0 Å². The van der Waals surface area contributed by atoms with Gasteiger partial charge in [-0.2, -0.15) is 0 Å². The first kappa shape index (κ1) is 10.9. The Bertz CT molecular complexity index is 334. The minimum atomic E-state index is -1.24. The van der Waals surface area contributed by atoms with Gasteiger partial charge in [-0.05, 0) is 0 Å². The normalized spacial score (nSPS) is 12.1. The summed E-state index contributed by atoms with van der Waals surface area (Å²) in [6, 6.07) is 8.54. The highest BCUT2D eigenvalue weighted by atomic mass is 79.9. The molecule has 0 aliphatic heterocycles. The molecule has 0 radical (unpaired) electrons. The van der Waals surface area contributed by atoms with E-state index in [0.717, 1.165) is 0 Å². The highest BCUT2D eigenvalue weighted by Gasteiger charge is 2.16. The van der Waals surface area contributed by atoms with Crippen molar-refractivity contribution in [2.45, 2.75) is 11.2 Å². The van der Waals surface area contributed by atoms with Gasteiger partial charge in [0.1, 0.15) is 0 Å². The summed E-state index contributed by atoms with van der Waals surface area (Å²) in [5, 5.41) is 10.3. The molecule has 1 aromatic carbocycles. The van der Waals surface area contributed by atoms with Crippen molar-refractivity contribution in [2.75, 3.05) is 0 Å². The van der Waals surface area contributed by atoms with Gasteiger partial charge in [0.05, 0.1) is 4.83 Å². The number of benzene rings is 1. The van der Waals surface area contributed by atoms with Gasteiger partial charge in [0, 0.05) is 18.0 Å². The van der Waals surface area contributed by atoms with Crippen molar-refractivity contribution in [3.8, 4) is 0 Å². The fourth-order valence-corrected chi connectivity index (χ4v) is 1.55. The summed E-state index contributed by atoms with van der Waals surface area (Å²) in [4.78, 5) is 21.1. The monoisotopic (exact) mass is 255 g/mol. The summed E-state index contributed by atoms with van der Waals surface area (Å²) in [6.45, 7) is 0. The minimum Gasteiger partial charge on any atom is -0.550 e. The van der Waals surface area contributed by atoms with Crippen LogP contribution in [0.4, 0.5) is 0 Å². The number of rotatable bonds is 4. The van der Waals surface area contributed by atoms with E-state index in [0.29, 0.717) is 5.56 Å².